The topological polar surface area (TPSA) is 100 Å². The van der Waals surface area contributed by atoms with Crippen molar-refractivity contribution in [1.29, 1.82) is 0 Å². The monoisotopic (exact) mass is 484 g/mol. The number of fused-ring (bicyclic) bond motifs is 1. The summed E-state index contributed by atoms with van der Waals surface area (Å²) in [5, 5.41) is 8.51. The maximum Gasteiger partial charge on any atom is 0.225 e. The second-order valence-corrected chi connectivity index (χ2v) is 8.09. The van der Waals surface area contributed by atoms with E-state index in [4.69, 9.17) is 20.2 Å². The minimum Gasteiger partial charge on any atom is -0.497 e. The lowest BCUT2D eigenvalue weighted by atomic mass is 10.1. The van der Waals surface area contributed by atoms with Crippen molar-refractivity contribution in [1.82, 2.24) is 19.7 Å². The van der Waals surface area contributed by atoms with Gasteiger partial charge in [-0.05, 0) is 60.5 Å². The number of ether oxygens (including phenoxy) is 2. The van der Waals surface area contributed by atoms with Crippen LogP contribution in [0.4, 0.5) is 16.2 Å². The Morgan fingerprint density at radius 3 is 2.39 bits per heavy atom. The van der Waals surface area contributed by atoms with E-state index in [1.54, 1.807) is 31.0 Å². The third-order valence-electron chi connectivity index (χ3n) is 5.86. The average molecular weight is 485 g/mol. The van der Waals surface area contributed by atoms with E-state index in [0.717, 1.165) is 23.3 Å². The van der Waals surface area contributed by atoms with Gasteiger partial charge in [0.15, 0.2) is 5.65 Å². The number of nitrogens with one attached hydrogen (secondary N) is 1. The van der Waals surface area contributed by atoms with E-state index in [1.165, 1.54) is 12.1 Å². The first-order valence-electron chi connectivity index (χ1n) is 11.4. The van der Waals surface area contributed by atoms with Gasteiger partial charge in [-0.25, -0.2) is 14.1 Å². The van der Waals surface area contributed by atoms with Crippen LogP contribution in [0.1, 0.15) is 5.56 Å². The molecule has 2 aromatic heterocycles. The van der Waals surface area contributed by atoms with Crippen LogP contribution in [0, 0.1) is 5.82 Å². The number of halogens is 1. The highest BCUT2D eigenvalue weighted by Gasteiger charge is 2.21. The van der Waals surface area contributed by atoms with Crippen LogP contribution >= 0.6 is 0 Å². The Morgan fingerprint density at radius 2 is 1.67 bits per heavy atom. The van der Waals surface area contributed by atoms with Crippen molar-refractivity contribution >= 4 is 22.8 Å². The van der Waals surface area contributed by atoms with E-state index in [2.05, 4.69) is 15.4 Å². The van der Waals surface area contributed by atoms with Crippen LogP contribution in [-0.2, 0) is 6.42 Å². The second-order valence-electron chi connectivity index (χ2n) is 8.09. The van der Waals surface area contributed by atoms with Crippen LogP contribution in [0.3, 0.4) is 0 Å². The molecule has 182 valence electrons. The Balaban J connectivity index is 1.55. The van der Waals surface area contributed by atoms with Crippen molar-refractivity contribution in [2.45, 2.75) is 6.42 Å². The number of nitrogen functional groups attached to an aromatic ring is 1. The lowest BCUT2D eigenvalue weighted by Gasteiger charge is -2.11. The van der Waals surface area contributed by atoms with Gasteiger partial charge in [-0.3, -0.25) is 0 Å². The molecule has 0 radical (unpaired) electrons. The van der Waals surface area contributed by atoms with Gasteiger partial charge >= 0.3 is 0 Å². The number of para-hydroxylation sites is 1. The fourth-order valence-electron chi connectivity index (χ4n) is 4.02. The summed E-state index contributed by atoms with van der Waals surface area (Å²) in [6.45, 7) is 0.608. The Bertz CT molecular complexity index is 1500. The molecule has 0 unspecified atom stereocenters. The summed E-state index contributed by atoms with van der Waals surface area (Å²) < 4.78 is 25.9. The quantitative estimate of drug-likeness (QED) is 0.324. The standard InChI is InChI=1S/C27H25FN6O2/c1-35-20-13-7-17(8-14-20)15-16-30-27-31-24(21-5-3-4-6-22(21)36-2)23-25(29)34(33-26(23)32-27)19-11-9-18(28)10-12-19/h3-14H,15-16,29H2,1-2H3,(H,30,32,33). The maximum absolute atomic E-state index is 13.5. The van der Waals surface area contributed by atoms with Crippen molar-refractivity contribution < 1.29 is 13.9 Å². The van der Waals surface area contributed by atoms with Gasteiger partial charge in [-0.15, -0.1) is 5.10 Å². The second kappa shape index (κ2) is 9.91. The zero-order chi connectivity index (χ0) is 25.1. The molecule has 0 saturated carbocycles. The molecule has 0 amide bonds. The highest BCUT2D eigenvalue weighted by molar-refractivity contribution is 6.00. The van der Waals surface area contributed by atoms with Crippen LogP contribution in [0.5, 0.6) is 11.5 Å². The molecular weight excluding hydrogens is 459 g/mol. The molecule has 3 N–H and O–H groups in total. The number of rotatable bonds is 8. The molecule has 36 heavy (non-hydrogen) atoms. The van der Waals surface area contributed by atoms with Gasteiger partial charge in [0, 0.05) is 12.1 Å². The van der Waals surface area contributed by atoms with Crippen molar-refractivity contribution in [3.8, 4) is 28.4 Å². The lowest BCUT2D eigenvalue weighted by molar-refractivity contribution is 0.414. The maximum atomic E-state index is 13.5. The van der Waals surface area contributed by atoms with Crippen molar-refractivity contribution in [3.05, 3.63) is 84.2 Å². The molecule has 8 nitrogen and oxygen atoms in total. The fourth-order valence-corrected chi connectivity index (χ4v) is 4.02. The van der Waals surface area contributed by atoms with Crippen LogP contribution in [0.25, 0.3) is 28.0 Å². The number of hydrogen-bond donors (Lipinski definition) is 2. The van der Waals surface area contributed by atoms with Gasteiger partial charge in [0.2, 0.25) is 5.95 Å². The van der Waals surface area contributed by atoms with E-state index in [-0.39, 0.29) is 5.82 Å². The summed E-state index contributed by atoms with van der Waals surface area (Å²) in [7, 11) is 3.25. The van der Waals surface area contributed by atoms with Crippen LogP contribution < -0.4 is 20.5 Å². The Morgan fingerprint density at radius 1 is 0.917 bits per heavy atom. The third kappa shape index (κ3) is 4.50. The molecule has 3 aromatic carbocycles. The number of aromatic nitrogens is 4. The van der Waals surface area contributed by atoms with Gasteiger partial charge in [-0.2, -0.15) is 4.98 Å². The Kier molecular flexibility index (Phi) is 6.36. The summed E-state index contributed by atoms with van der Waals surface area (Å²) in [4.78, 5) is 9.44. The van der Waals surface area contributed by atoms with E-state index < -0.39 is 0 Å². The lowest BCUT2D eigenvalue weighted by Crippen LogP contribution is -2.09. The molecule has 5 rings (SSSR count). The SMILES string of the molecule is COc1ccc(CCNc2nc(-c3ccccc3OC)c3c(N)n(-c4ccc(F)cc4)nc3n2)cc1. The summed E-state index contributed by atoms with van der Waals surface area (Å²) in [5.74, 6) is 1.89. The molecule has 0 bridgehead atoms. The number of benzene rings is 3. The molecular formula is C27H25FN6O2. The summed E-state index contributed by atoms with van der Waals surface area (Å²) in [5.41, 5.74) is 10.1. The number of nitrogens with two attached hydrogens (primary N) is 1. The molecule has 0 aliphatic carbocycles. The normalized spacial score (nSPS) is 11.0. The zero-order valence-corrected chi connectivity index (χ0v) is 19.9. The number of methoxy groups -OCH3 is 2. The minimum atomic E-state index is -0.341. The third-order valence-corrected chi connectivity index (χ3v) is 5.86. The number of nitrogens with zero attached hydrogens (tertiary/aromatic N) is 4. The van der Waals surface area contributed by atoms with E-state index in [9.17, 15) is 4.39 Å². The van der Waals surface area contributed by atoms with Crippen molar-refractivity contribution in [2.75, 3.05) is 31.8 Å². The molecule has 5 aromatic rings. The smallest absolute Gasteiger partial charge is 0.225 e. The number of hydrogen-bond acceptors (Lipinski definition) is 7. The first kappa shape index (κ1) is 23.1. The summed E-state index contributed by atoms with van der Waals surface area (Å²) in [6.07, 6.45) is 0.765. The summed E-state index contributed by atoms with van der Waals surface area (Å²) in [6, 6.07) is 21.4. The zero-order valence-electron chi connectivity index (χ0n) is 19.9. The van der Waals surface area contributed by atoms with Crippen molar-refractivity contribution in [3.63, 3.8) is 0 Å². The molecule has 2 heterocycles. The predicted octanol–water partition coefficient (Wildman–Crippen LogP) is 4.88. The van der Waals surface area contributed by atoms with E-state index in [1.807, 2.05) is 48.5 Å². The number of anilines is 2. The van der Waals surface area contributed by atoms with Crippen LogP contribution in [-0.4, -0.2) is 40.5 Å². The molecule has 0 fully saturated rings. The molecule has 0 aliphatic heterocycles. The van der Waals surface area contributed by atoms with Gasteiger partial charge in [0.25, 0.3) is 0 Å². The summed E-state index contributed by atoms with van der Waals surface area (Å²) >= 11 is 0. The van der Waals surface area contributed by atoms with Gasteiger partial charge < -0.3 is 20.5 Å². The minimum absolute atomic E-state index is 0.341. The fraction of sp³-hybridized carbons (Fsp3) is 0.148. The Labute approximate surface area is 207 Å². The first-order chi connectivity index (χ1) is 17.6. The van der Waals surface area contributed by atoms with Gasteiger partial charge in [0.05, 0.1) is 31.0 Å². The van der Waals surface area contributed by atoms with Crippen molar-refractivity contribution in [2.24, 2.45) is 0 Å². The largest absolute Gasteiger partial charge is 0.497 e. The molecule has 0 spiro atoms. The highest BCUT2D eigenvalue weighted by atomic mass is 19.1. The predicted molar refractivity (Wildman–Crippen MR) is 138 cm³/mol. The molecule has 0 saturated heterocycles. The van der Waals surface area contributed by atoms with E-state index in [0.29, 0.717) is 46.5 Å². The van der Waals surface area contributed by atoms with Crippen LogP contribution in [0.15, 0.2) is 72.8 Å². The molecule has 9 heteroatoms. The van der Waals surface area contributed by atoms with Gasteiger partial charge in [0.1, 0.15) is 23.1 Å². The first-order valence-corrected chi connectivity index (χ1v) is 11.4. The van der Waals surface area contributed by atoms with E-state index >= 15 is 0 Å². The van der Waals surface area contributed by atoms with Gasteiger partial charge in [-0.1, -0.05) is 24.3 Å². The molecule has 0 atom stereocenters. The highest BCUT2D eigenvalue weighted by Crippen LogP contribution is 2.37. The average Bonchev–Trinajstić information content (AvgIpc) is 3.25. The molecule has 0 aliphatic rings. The Hall–Kier alpha value is -4.66. The van der Waals surface area contributed by atoms with Crippen LogP contribution in [0.2, 0.25) is 0 Å².